The summed E-state index contributed by atoms with van der Waals surface area (Å²) < 4.78 is 5.31. The van der Waals surface area contributed by atoms with Crippen LogP contribution in [0.1, 0.15) is 49.7 Å². The predicted molar refractivity (Wildman–Crippen MR) is 55.3 cm³/mol. The van der Waals surface area contributed by atoms with Crippen molar-refractivity contribution in [2.45, 2.75) is 50.5 Å². The lowest BCUT2D eigenvalue weighted by molar-refractivity contribution is 0.349. The van der Waals surface area contributed by atoms with Gasteiger partial charge in [0, 0.05) is 18.4 Å². The fourth-order valence-corrected chi connectivity index (χ4v) is 2.34. The van der Waals surface area contributed by atoms with Crippen molar-refractivity contribution >= 4 is 0 Å². The van der Waals surface area contributed by atoms with Crippen molar-refractivity contribution in [3.8, 4) is 0 Å². The fourth-order valence-electron chi connectivity index (χ4n) is 2.34. The van der Waals surface area contributed by atoms with Crippen molar-refractivity contribution in [2.75, 3.05) is 0 Å². The van der Waals surface area contributed by atoms with Crippen molar-refractivity contribution in [3.63, 3.8) is 0 Å². The van der Waals surface area contributed by atoms with Crippen LogP contribution in [-0.2, 0) is 6.42 Å². The molecule has 0 spiro atoms. The molecule has 15 heavy (non-hydrogen) atoms. The molecule has 0 amide bonds. The summed E-state index contributed by atoms with van der Waals surface area (Å²) in [5.41, 5.74) is 5.87. The summed E-state index contributed by atoms with van der Waals surface area (Å²) in [6.45, 7) is 0. The van der Waals surface area contributed by atoms with Crippen molar-refractivity contribution in [3.05, 3.63) is 11.7 Å². The summed E-state index contributed by atoms with van der Waals surface area (Å²) >= 11 is 0. The third-order valence-corrected chi connectivity index (χ3v) is 3.47. The molecule has 0 aromatic carbocycles. The van der Waals surface area contributed by atoms with Gasteiger partial charge >= 0.3 is 0 Å². The molecule has 1 aromatic rings. The quantitative estimate of drug-likeness (QED) is 0.818. The highest BCUT2D eigenvalue weighted by Crippen LogP contribution is 2.34. The number of hydrogen-bond acceptors (Lipinski definition) is 4. The van der Waals surface area contributed by atoms with Gasteiger partial charge in [-0.15, -0.1) is 0 Å². The highest BCUT2D eigenvalue weighted by Gasteiger charge is 2.29. The Labute approximate surface area is 89.2 Å². The number of nitrogens with zero attached hydrogens (tertiary/aromatic N) is 2. The minimum absolute atomic E-state index is 0.328. The largest absolute Gasteiger partial charge is 0.339 e. The molecule has 2 atom stereocenters. The van der Waals surface area contributed by atoms with Crippen LogP contribution in [0.4, 0.5) is 0 Å². The summed E-state index contributed by atoms with van der Waals surface area (Å²) in [5, 5.41) is 4.04. The van der Waals surface area contributed by atoms with Gasteiger partial charge in [0.25, 0.3) is 0 Å². The van der Waals surface area contributed by atoms with Gasteiger partial charge in [-0.25, -0.2) is 0 Å². The van der Waals surface area contributed by atoms with Crippen LogP contribution < -0.4 is 5.73 Å². The van der Waals surface area contributed by atoms with E-state index < -0.39 is 0 Å². The van der Waals surface area contributed by atoms with Crippen LogP contribution in [0.3, 0.4) is 0 Å². The molecule has 0 saturated heterocycles. The molecule has 0 radical (unpaired) electrons. The van der Waals surface area contributed by atoms with Crippen molar-refractivity contribution in [1.82, 2.24) is 10.1 Å². The zero-order valence-electron chi connectivity index (χ0n) is 8.85. The molecule has 0 bridgehead atoms. The summed E-state index contributed by atoms with van der Waals surface area (Å²) in [4.78, 5) is 4.47. The lowest BCUT2D eigenvalue weighted by Crippen LogP contribution is -2.14. The number of rotatable bonds is 3. The molecular formula is C11H17N3O. The summed E-state index contributed by atoms with van der Waals surface area (Å²) in [7, 11) is 0. The molecule has 2 aliphatic rings. The molecule has 2 saturated carbocycles. The van der Waals surface area contributed by atoms with Gasteiger partial charge in [0.15, 0.2) is 5.82 Å². The SMILES string of the molecule is NC1CCC(c2nc(CC3CC3)no2)C1. The molecule has 2 aliphatic carbocycles. The van der Waals surface area contributed by atoms with E-state index in [1.165, 1.54) is 12.8 Å². The number of aromatic nitrogens is 2. The average Bonchev–Trinajstić information content (AvgIpc) is 2.74. The number of nitrogens with two attached hydrogens (primary N) is 1. The van der Waals surface area contributed by atoms with Crippen LogP contribution in [0.2, 0.25) is 0 Å². The Hall–Kier alpha value is -0.900. The molecule has 0 aliphatic heterocycles. The molecular weight excluding hydrogens is 190 g/mol. The van der Waals surface area contributed by atoms with E-state index in [0.29, 0.717) is 12.0 Å². The second-order valence-corrected chi connectivity index (χ2v) is 4.97. The third-order valence-electron chi connectivity index (χ3n) is 3.47. The Morgan fingerprint density at radius 1 is 1.27 bits per heavy atom. The minimum atomic E-state index is 0.328. The minimum Gasteiger partial charge on any atom is -0.339 e. The van der Waals surface area contributed by atoms with Crippen LogP contribution in [0, 0.1) is 5.92 Å². The molecule has 2 unspecified atom stereocenters. The Balaban J connectivity index is 1.66. The fraction of sp³-hybridized carbons (Fsp3) is 0.818. The van der Waals surface area contributed by atoms with Crippen LogP contribution in [0.15, 0.2) is 4.52 Å². The normalized spacial score (nSPS) is 31.0. The molecule has 3 rings (SSSR count). The Kier molecular flexibility index (Phi) is 2.24. The molecule has 2 fully saturated rings. The first kappa shape index (κ1) is 9.33. The highest BCUT2D eigenvalue weighted by atomic mass is 16.5. The van der Waals surface area contributed by atoms with Crippen molar-refractivity contribution in [1.29, 1.82) is 0 Å². The Morgan fingerprint density at radius 3 is 2.80 bits per heavy atom. The van der Waals surface area contributed by atoms with Crippen LogP contribution in [-0.4, -0.2) is 16.2 Å². The average molecular weight is 207 g/mol. The standard InChI is InChI=1S/C11H17N3O/c12-9-4-3-8(6-9)11-13-10(14-15-11)5-7-1-2-7/h7-9H,1-6,12H2. The topological polar surface area (TPSA) is 64.9 Å². The van der Waals surface area contributed by atoms with E-state index in [2.05, 4.69) is 10.1 Å². The first-order valence-corrected chi connectivity index (χ1v) is 5.89. The molecule has 4 heteroatoms. The van der Waals surface area contributed by atoms with Gasteiger partial charge in [0.1, 0.15) is 0 Å². The monoisotopic (exact) mass is 207 g/mol. The van der Waals surface area contributed by atoms with E-state index in [9.17, 15) is 0 Å². The third kappa shape index (κ3) is 2.04. The maximum absolute atomic E-state index is 5.87. The maximum Gasteiger partial charge on any atom is 0.229 e. The Bertz CT molecular complexity index is 345. The Morgan fingerprint density at radius 2 is 2.13 bits per heavy atom. The van der Waals surface area contributed by atoms with Gasteiger partial charge in [-0.3, -0.25) is 0 Å². The maximum atomic E-state index is 5.87. The highest BCUT2D eigenvalue weighted by molar-refractivity contribution is 5.00. The lowest BCUT2D eigenvalue weighted by atomic mass is 10.1. The summed E-state index contributed by atoms with van der Waals surface area (Å²) in [5.74, 6) is 2.95. The van der Waals surface area contributed by atoms with Crippen molar-refractivity contribution < 1.29 is 4.52 Å². The van der Waals surface area contributed by atoms with E-state index in [-0.39, 0.29) is 0 Å². The zero-order valence-corrected chi connectivity index (χ0v) is 8.85. The van der Waals surface area contributed by atoms with E-state index in [1.54, 1.807) is 0 Å². The predicted octanol–water partition coefficient (Wildman–Crippen LogP) is 1.62. The van der Waals surface area contributed by atoms with Gasteiger partial charge in [0.2, 0.25) is 5.89 Å². The van der Waals surface area contributed by atoms with E-state index in [0.717, 1.165) is 43.3 Å². The van der Waals surface area contributed by atoms with Gasteiger partial charge in [-0.1, -0.05) is 5.16 Å². The van der Waals surface area contributed by atoms with Gasteiger partial charge in [-0.05, 0) is 38.0 Å². The second kappa shape index (κ2) is 3.59. The first-order chi connectivity index (χ1) is 7.31. The van der Waals surface area contributed by atoms with Crippen LogP contribution >= 0.6 is 0 Å². The summed E-state index contributed by atoms with van der Waals surface area (Å²) in [6, 6.07) is 0.328. The first-order valence-electron chi connectivity index (χ1n) is 5.89. The molecule has 1 heterocycles. The van der Waals surface area contributed by atoms with E-state index in [4.69, 9.17) is 10.3 Å². The smallest absolute Gasteiger partial charge is 0.229 e. The molecule has 4 nitrogen and oxygen atoms in total. The van der Waals surface area contributed by atoms with E-state index in [1.807, 2.05) is 0 Å². The zero-order chi connectivity index (χ0) is 10.3. The summed E-state index contributed by atoms with van der Waals surface area (Å²) in [6.07, 6.45) is 6.86. The van der Waals surface area contributed by atoms with Gasteiger partial charge in [-0.2, -0.15) is 4.98 Å². The molecule has 82 valence electrons. The molecule has 1 aromatic heterocycles. The number of hydrogen-bond donors (Lipinski definition) is 1. The van der Waals surface area contributed by atoms with E-state index >= 15 is 0 Å². The van der Waals surface area contributed by atoms with Crippen LogP contribution in [0.25, 0.3) is 0 Å². The van der Waals surface area contributed by atoms with Gasteiger partial charge in [0.05, 0.1) is 0 Å². The van der Waals surface area contributed by atoms with Gasteiger partial charge < -0.3 is 10.3 Å². The molecule has 2 N–H and O–H groups in total. The second-order valence-electron chi connectivity index (χ2n) is 4.97. The van der Waals surface area contributed by atoms with Crippen molar-refractivity contribution in [2.24, 2.45) is 11.7 Å². The lowest BCUT2D eigenvalue weighted by Gasteiger charge is -2.01. The van der Waals surface area contributed by atoms with Crippen LogP contribution in [0.5, 0.6) is 0 Å².